The smallest absolute Gasteiger partial charge is 0.0581 e. The minimum Gasteiger partial charge on any atom is -0.378 e. The van der Waals surface area contributed by atoms with Crippen LogP contribution in [0.15, 0.2) is 41.5 Å². The third-order valence-corrected chi connectivity index (χ3v) is 2.66. The van der Waals surface area contributed by atoms with Crippen molar-refractivity contribution in [3.8, 4) is 0 Å². The summed E-state index contributed by atoms with van der Waals surface area (Å²) in [6.07, 6.45) is 5.99. The van der Waals surface area contributed by atoms with Crippen LogP contribution in [-0.4, -0.2) is 12.3 Å². The van der Waals surface area contributed by atoms with E-state index in [0.29, 0.717) is 12.0 Å². The van der Waals surface area contributed by atoms with Crippen molar-refractivity contribution in [2.75, 3.05) is 5.32 Å². The van der Waals surface area contributed by atoms with Gasteiger partial charge in [-0.3, -0.25) is 4.99 Å². The van der Waals surface area contributed by atoms with E-state index in [1.165, 1.54) is 11.3 Å². The molecule has 0 fully saturated rings. The van der Waals surface area contributed by atoms with E-state index in [-0.39, 0.29) is 0 Å². The van der Waals surface area contributed by atoms with Crippen molar-refractivity contribution in [2.24, 2.45) is 4.99 Å². The highest BCUT2D eigenvalue weighted by Crippen LogP contribution is 2.36. The Kier molecular flexibility index (Phi) is 1.30. The van der Waals surface area contributed by atoms with E-state index in [2.05, 4.69) is 40.7 Å². The van der Waals surface area contributed by atoms with Crippen LogP contribution in [-0.2, 0) is 0 Å². The van der Waals surface area contributed by atoms with Gasteiger partial charge in [0, 0.05) is 24.0 Å². The molecule has 2 aliphatic heterocycles. The van der Waals surface area contributed by atoms with Crippen LogP contribution in [0, 0.1) is 0 Å². The Balaban J connectivity index is 2.12. The molecule has 0 spiro atoms. The fourth-order valence-corrected chi connectivity index (χ4v) is 2.01. The number of hydrogen-bond acceptors (Lipinski definition) is 2. The first-order chi connectivity index (χ1) is 6.45. The lowest BCUT2D eigenvalue weighted by Gasteiger charge is -2.14. The van der Waals surface area contributed by atoms with Gasteiger partial charge >= 0.3 is 0 Å². The molecule has 64 valence electrons. The van der Waals surface area contributed by atoms with Crippen LogP contribution in [0.2, 0.25) is 0 Å². The number of aliphatic imine (C=N–C) groups is 1. The monoisotopic (exact) mass is 170 g/mol. The molecule has 3 rings (SSSR count). The molecule has 2 atom stereocenters. The van der Waals surface area contributed by atoms with E-state index in [0.717, 1.165) is 0 Å². The molecule has 1 aromatic carbocycles. The Morgan fingerprint density at radius 3 is 3.15 bits per heavy atom. The van der Waals surface area contributed by atoms with E-state index in [9.17, 15) is 0 Å². The molecule has 2 aliphatic rings. The molecule has 2 heterocycles. The Labute approximate surface area is 77.0 Å². The molecule has 0 saturated heterocycles. The first-order valence-electron chi connectivity index (χ1n) is 4.50. The number of rotatable bonds is 0. The zero-order chi connectivity index (χ0) is 8.67. The SMILES string of the molecule is C1=CC2Nc3ccccc3C2C=N1. The first-order valence-corrected chi connectivity index (χ1v) is 4.50. The van der Waals surface area contributed by atoms with Crippen LogP contribution in [0.4, 0.5) is 5.69 Å². The van der Waals surface area contributed by atoms with Crippen molar-refractivity contribution >= 4 is 11.9 Å². The van der Waals surface area contributed by atoms with Crippen LogP contribution in [0.3, 0.4) is 0 Å². The van der Waals surface area contributed by atoms with Crippen molar-refractivity contribution in [2.45, 2.75) is 12.0 Å². The highest BCUT2D eigenvalue weighted by molar-refractivity contribution is 5.80. The second-order valence-corrected chi connectivity index (χ2v) is 3.42. The molecule has 2 nitrogen and oxygen atoms in total. The summed E-state index contributed by atoms with van der Waals surface area (Å²) in [5.74, 6) is 0.432. The maximum Gasteiger partial charge on any atom is 0.0581 e. The van der Waals surface area contributed by atoms with Gasteiger partial charge in [0.15, 0.2) is 0 Å². The van der Waals surface area contributed by atoms with Crippen LogP contribution >= 0.6 is 0 Å². The quantitative estimate of drug-likeness (QED) is 0.634. The molecule has 0 saturated carbocycles. The van der Waals surface area contributed by atoms with Gasteiger partial charge in [0.1, 0.15) is 0 Å². The Bertz CT molecular complexity index is 393. The summed E-state index contributed by atoms with van der Waals surface area (Å²) in [5, 5.41) is 3.46. The molecule has 2 unspecified atom stereocenters. The summed E-state index contributed by atoms with van der Waals surface area (Å²) >= 11 is 0. The van der Waals surface area contributed by atoms with Gasteiger partial charge in [0.05, 0.1) is 6.04 Å². The van der Waals surface area contributed by atoms with Crippen LogP contribution < -0.4 is 5.32 Å². The average molecular weight is 170 g/mol. The number of nitrogens with zero attached hydrogens (tertiary/aromatic N) is 1. The molecule has 0 radical (unpaired) electrons. The summed E-state index contributed by atoms with van der Waals surface area (Å²) in [6, 6.07) is 8.84. The lowest BCUT2D eigenvalue weighted by atomic mass is 9.95. The fourth-order valence-electron chi connectivity index (χ4n) is 2.01. The molecule has 2 heteroatoms. The third kappa shape index (κ3) is 0.917. The highest BCUT2D eigenvalue weighted by Gasteiger charge is 2.29. The molecule has 0 aromatic heterocycles. The van der Waals surface area contributed by atoms with Gasteiger partial charge in [-0.15, -0.1) is 0 Å². The molecule has 0 amide bonds. The van der Waals surface area contributed by atoms with Gasteiger partial charge < -0.3 is 5.32 Å². The van der Waals surface area contributed by atoms with E-state index in [1.807, 2.05) is 12.4 Å². The van der Waals surface area contributed by atoms with E-state index in [4.69, 9.17) is 0 Å². The van der Waals surface area contributed by atoms with Gasteiger partial charge in [-0.2, -0.15) is 0 Å². The Morgan fingerprint density at radius 1 is 1.23 bits per heavy atom. The number of anilines is 1. The lowest BCUT2D eigenvalue weighted by Crippen LogP contribution is -2.20. The Morgan fingerprint density at radius 2 is 2.15 bits per heavy atom. The van der Waals surface area contributed by atoms with Gasteiger partial charge in [0.25, 0.3) is 0 Å². The van der Waals surface area contributed by atoms with Crippen LogP contribution in [0.1, 0.15) is 11.5 Å². The Hall–Kier alpha value is -1.57. The van der Waals surface area contributed by atoms with Gasteiger partial charge in [-0.1, -0.05) is 18.2 Å². The van der Waals surface area contributed by atoms with Crippen molar-refractivity contribution in [1.29, 1.82) is 0 Å². The van der Waals surface area contributed by atoms with E-state index in [1.54, 1.807) is 0 Å². The van der Waals surface area contributed by atoms with E-state index >= 15 is 0 Å². The summed E-state index contributed by atoms with van der Waals surface area (Å²) in [4.78, 5) is 4.17. The second kappa shape index (κ2) is 2.46. The summed E-state index contributed by atoms with van der Waals surface area (Å²) in [6.45, 7) is 0. The lowest BCUT2D eigenvalue weighted by molar-refractivity contribution is 0.850. The maximum absolute atomic E-state index is 4.17. The third-order valence-electron chi connectivity index (χ3n) is 2.66. The predicted molar refractivity (Wildman–Crippen MR) is 54.2 cm³/mol. The molecule has 1 N–H and O–H groups in total. The fraction of sp³-hybridized carbons (Fsp3) is 0.182. The zero-order valence-electron chi connectivity index (χ0n) is 7.14. The molecular weight excluding hydrogens is 160 g/mol. The molecule has 0 bridgehead atoms. The summed E-state index contributed by atoms with van der Waals surface area (Å²) < 4.78 is 0. The first kappa shape index (κ1) is 6.89. The normalized spacial score (nSPS) is 28.0. The molecule has 13 heavy (non-hydrogen) atoms. The number of fused-ring (bicyclic) bond motifs is 3. The highest BCUT2D eigenvalue weighted by atomic mass is 15.0. The second-order valence-electron chi connectivity index (χ2n) is 3.42. The van der Waals surface area contributed by atoms with Gasteiger partial charge in [-0.25, -0.2) is 0 Å². The van der Waals surface area contributed by atoms with E-state index < -0.39 is 0 Å². The van der Waals surface area contributed by atoms with Crippen LogP contribution in [0.5, 0.6) is 0 Å². The number of benzene rings is 1. The van der Waals surface area contributed by atoms with Crippen molar-refractivity contribution < 1.29 is 0 Å². The topological polar surface area (TPSA) is 24.4 Å². The van der Waals surface area contributed by atoms with Crippen molar-refractivity contribution in [3.05, 3.63) is 42.1 Å². The minimum absolute atomic E-state index is 0.412. The minimum atomic E-state index is 0.412. The van der Waals surface area contributed by atoms with Gasteiger partial charge in [-0.05, 0) is 17.7 Å². The molecule has 1 aromatic rings. The molecule has 0 aliphatic carbocycles. The average Bonchev–Trinajstić information content (AvgIpc) is 2.56. The zero-order valence-corrected chi connectivity index (χ0v) is 7.14. The standard InChI is InChI=1S/C11H10N2/c1-2-4-10-8(3-1)9-7-12-6-5-11(9)13-10/h1-7,9,11,13H. The van der Waals surface area contributed by atoms with Crippen molar-refractivity contribution in [1.82, 2.24) is 0 Å². The van der Waals surface area contributed by atoms with Crippen LogP contribution in [0.25, 0.3) is 0 Å². The number of hydrogen-bond donors (Lipinski definition) is 1. The number of para-hydroxylation sites is 1. The predicted octanol–water partition coefficient (Wildman–Crippen LogP) is 2.16. The number of nitrogens with one attached hydrogen (secondary N) is 1. The summed E-state index contributed by atoms with van der Waals surface area (Å²) in [7, 11) is 0. The summed E-state index contributed by atoms with van der Waals surface area (Å²) in [5.41, 5.74) is 2.61. The largest absolute Gasteiger partial charge is 0.378 e. The maximum atomic E-state index is 4.17. The van der Waals surface area contributed by atoms with Gasteiger partial charge in [0.2, 0.25) is 0 Å². The van der Waals surface area contributed by atoms with Crippen molar-refractivity contribution in [3.63, 3.8) is 0 Å². The molecular formula is C11H10N2.